The first-order valence-electron chi connectivity index (χ1n) is 13.2. The summed E-state index contributed by atoms with van der Waals surface area (Å²) in [7, 11) is 0. The molecule has 1 saturated carbocycles. The van der Waals surface area contributed by atoms with Crippen LogP contribution in [0.15, 0.2) is 42.3 Å². The molecule has 1 aromatic heterocycles. The lowest BCUT2D eigenvalue weighted by Gasteiger charge is -2.36. The lowest BCUT2D eigenvalue weighted by molar-refractivity contribution is -0.168. The molecular weight excluding hydrogens is 476 g/mol. The molecule has 1 amide bonds. The van der Waals surface area contributed by atoms with E-state index < -0.39 is 6.29 Å². The van der Waals surface area contributed by atoms with Crippen molar-refractivity contribution in [2.24, 2.45) is 11.8 Å². The molecule has 4 rings (SSSR count). The number of fused-ring (bicyclic) bond motifs is 1. The van der Waals surface area contributed by atoms with E-state index in [4.69, 9.17) is 24.1 Å². The molecular formula is C28H38N2O7. The van der Waals surface area contributed by atoms with Crippen molar-refractivity contribution in [3.8, 4) is 0 Å². The number of aromatic nitrogens is 1. The van der Waals surface area contributed by atoms with E-state index in [0.717, 1.165) is 29.3 Å². The maximum absolute atomic E-state index is 13.1. The Hall–Kier alpha value is -2.72. The number of amides is 1. The molecule has 2 heterocycles. The standard InChI is InChI=1S/C28H38N2O7/c1-3-36-28-22(10-12-34-14-15-35-13-11-31)23(16-26(37-28)27(33)29-17-20-8-9-20)24-18-30(19(2)32)25-7-5-4-6-21(24)25/h4-7,16,18,20,22-23,28,31H,3,8-15,17H2,1-2H3,(H,29,33)/t22-,23-,28+/m0/s1. The molecule has 1 aliphatic heterocycles. The van der Waals surface area contributed by atoms with Crippen molar-refractivity contribution < 1.29 is 33.6 Å². The van der Waals surface area contributed by atoms with E-state index in [1.807, 2.05) is 43.5 Å². The number of ether oxygens (including phenoxy) is 4. The molecule has 1 aliphatic carbocycles. The molecule has 0 radical (unpaired) electrons. The molecule has 2 aliphatic rings. The number of hydrogen-bond acceptors (Lipinski definition) is 7. The summed E-state index contributed by atoms with van der Waals surface area (Å²) in [6, 6.07) is 7.79. The Morgan fingerprint density at radius 3 is 2.59 bits per heavy atom. The lowest BCUT2D eigenvalue weighted by atomic mass is 9.81. The van der Waals surface area contributed by atoms with Gasteiger partial charge in [0.05, 0.1) is 31.9 Å². The zero-order chi connectivity index (χ0) is 26.2. The topological polar surface area (TPSA) is 108 Å². The van der Waals surface area contributed by atoms with Crippen LogP contribution in [-0.4, -0.2) is 74.0 Å². The predicted octanol–water partition coefficient (Wildman–Crippen LogP) is 3.22. The minimum absolute atomic E-state index is 0.0199. The Morgan fingerprint density at radius 1 is 1.14 bits per heavy atom. The first kappa shape index (κ1) is 27.3. The van der Waals surface area contributed by atoms with Crippen molar-refractivity contribution >= 4 is 22.7 Å². The molecule has 1 aromatic carbocycles. The summed E-state index contributed by atoms with van der Waals surface area (Å²) in [5.41, 5.74) is 1.77. The summed E-state index contributed by atoms with van der Waals surface area (Å²) in [5, 5.41) is 12.8. The summed E-state index contributed by atoms with van der Waals surface area (Å²) in [4.78, 5) is 25.5. The molecule has 9 heteroatoms. The fraction of sp³-hybridized carbons (Fsp3) is 0.571. The van der Waals surface area contributed by atoms with Crippen LogP contribution in [-0.2, 0) is 23.7 Å². The normalized spacial score (nSPS) is 21.5. The van der Waals surface area contributed by atoms with E-state index in [-0.39, 0.29) is 42.6 Å². The average Bonchev–Trinajstić information content (AvgIpc) is 3.65. The zero-order valence-corrected chi connectivity index (χ0v) is 21.7. The Bertz CT molecular complexity index is 1090. The number of aliphatic hydroxyl groups excluding tert-OH is 1. The second kappa shape index (κ2) is 13.2. The van der Waals surface area contributed by atoms with Gasteiger partial charge in [-0.05, 0) is 49.8 Å². The minimum atomic E-state index is -0.643. The van der Waals surface area contributed by atoms with Crippen LogP contribution in [0.4, 0.5) is 0 Å². The number of benzene rings is 1. The molecule has 2 aromatic rings. The second-order valence-corrected chi connectivity index (χ2v) is 9.54. The van der Waals surface area contributed by atoms with Crippen LogP contribution >= 0.6 is 0 Å². The van der Waals surface area contributed by atoms with Crippen molar-refractivity contribution in [2.75, 3.05) is 46.2 Å². The number of allylic oxidation sites excluding steroid dienone is 1. The van der Waals surface area contributed by atoms with Gasteiger partial charge in [-0.2, -0.15) is 0 Å². The van der Waals surface area contributed by atoms with Gasteiger partial charge in [0, 0.05) is 50.1 Å². The highest BCUT2D eigenvalue weighted by Gasteiger charge is 2.39. The molecule has 9 nitrogen and oxygen atoms in total. The number of nitrogens with zero attached hydrogens (tertiary/aromatic N) is 1. The van der Waals surface area contributed by atoms with E-state index in [9.17, 15) is 9.59 Å². The lowest BCUT2D eigenvalue weighted by Crippen LogP contribution is -2.39. The smallest absolute Gasteiger partial charge is 0.286 e. The number of nitrogens with one attached hydrogen (secondary N) is 1. The van der Waals surface area contributed by atoms with Gasteiger partial charge in [-0.1, -0.05) is 18.2 Å². The van der Waals surface area contributed by atoms with Crippen LogP contribution in [0.1, 0.15) is 49.4 Å². The van der Waals surface area contributed by atoms with E-state index >= 15 is 0 Å². The Kier molecular flexibility index (Phi) is 9.74. The molecule has 202 valence electrons. The molecule has 3 atom stereocenters. The third-order valence-corrected chi connectivity index (χ3v) is 6.83. The molecule has 0 spiro atoms. The highest BCUT2D eigenvalue weighted by molar-refractivity contribution is 5.95. The Balaban J connectivity index is 1.62. The molecule has 0 saturated heterocycles. The van der Waals surface area contributed by atoms with Gasteiger partial charge >= 0.3 is 0 Å². The highest BCUT2D eigenvalue weighted by atomic mass is 16.7. The maximum atomic E-state index is 13.1. The Labute approximate surface area is 217 Å². The summed E-state index contributed by atoms with van der Waals surface area (Å²) in [6.45, 7) is 6.02. The molecule has 0 unspecified atom stereocenters. The number of aliphatic hydroxyl groups is 1. The Morgan fingerprint density at radius 2 is 1.89 bits per heavy atom. The van der Waals surface area contributed by atoms with Gasteiger partial charge in [0.25, 0.3) is 5.91 Å². The first-order valence-corrected chi connectivity index (χ1v) is 13.2. The number of carbonyl (C=O) groups excluding carboxylic acids is 2. The van der Waals surface area contributed by atoms with E-state index in [1.165, 1.54) is 0 Å². The predicted molar refractivity (Wildman–Crippen MR) is 138 cm³/mol. The van der Waals surface area contributed by atoms with Gasteiger partial charge in [0.2, 0.25) is 12.2 Å². The van der Waals surface area contributed by atoms with Gasteiger partial charge in [0.1, 0.15) is 0 Å². The summed E-state index contributed by atoms with van der Waals surface area (Å²) < 4.78 is 24.9. The maximum Gasteiger partial charge on any atom is 0.286 e. The van der Waals surface area contributed by atoms with E-state index in [0.29, 0.717) is 45.3 Å². The number of carbonyl (C=O) groups is 2. The summed E-state index contributed by atoms with van der Waals surface area (Å²) >= 11 is 0. The third-order valence-electron chi connectivity index (χ3n) is 6.83. The summed E-state index contributed by atoms with van der Waals surface area (Å²) in [5.74, 6) is 0.0959. The van der Waals surface area contributed by atoms with Crippen LogP contribution in [0.25, 0.3) is 10.9 Å². The molecule has 1 fully saturated rings. The third kappa shape index (κ3) is 6.98. The van der Waals surface area contributed by atoms with Crippen LogP contribution in [0.2, 0.25) is 0 Å². The fourth-order valence-corrected chi connectivity index (χ4v) is 4.78. The first-order chi connectivity index (χ1) is 18.0. The van der Waals surface area contributed by atoms with Gasteiger partial charge in [-0.25, -0.2) is 0 Å². The molecule has 0 bridgehead atoms. The average molecular weight is 515 g/mol. The van der Waals surface area contributed by atoms with Crippen molar-refractivity contribution in [2.45, 2.75) is 45.3 Å². The zero-order valence-electron chi connectivity index (χ0n) is 21.7. The van der Waals surface area contributed by atoms with Crippen molar-refractivity contribution in [3.63, 3.8) is 0 Å². The number of para-hydroxylation sites is 1. The van der Waals surface area contributed by atoms with Crippen LogP contribution in [0, 0.1) is 11.8 Å². The van der Waals surface area contributed by atoms with Crippen molar-refractivity contribution in [1.82, 2.24) is 9.88 Å². The van der Waals surface area contributed by atoms with Crippen molar-refractivity contribution in [1.29, 1.82) is 0 Å². The number of hydrogen-bond donors (Lipinski definition) is 2. The van der Waals surface area contributed by atoms with Crippen molar-refractivity contribution in [3.05, 3.63) is 47.9 Å². The monoisotopic (exact) mass is 514 g/mol. The second-order valence-electron chi connectivity index (χ2n) is 9.54. The van der Waals surface area contributed by atoms with Crippen LogP contribution < -0.4 is 5.32 Å². The minimum Gasteiger partial charge on any atom is -0.459 e. The molecule has 2 N–H and O–H groups in total. The van der Waals surface area contributed by atoms with E-state index in [1.54, 1.807) is 11.5 Å². The van der Waals surface area contributed by atoms with Gasteiger partial charge in [0.15, 0.2) is 5.76 Å². The van der Waals surface area contributed by atoms with Gasteiger partial charge in [-0.3, -0.25) is 14.2 Å². The van der Waals surface area contributed by atoms with E-state index in [2.05, 4.69) is 5.32 Å². The summed E-state index contributed by atoms with van der Waals surface area (Å²) in [6.07, 6.45) is 6.00. The van der Waals surface area contributed by atoms with Crippen LogP contribution in [0.3, 0.4) is 0 Å². The molecule has 37 heavy (non-hydrogen) atoms. The van der Waals surface area contributed by atoms with Gasteiger partial charge in [-0.15, -0.1) is 0 Å². The fourth-order valence-electron chi connectivity index (χ4n) is 4.78. The highest BCUT2D eigenvalue weighted by Crippen LogP contribution is 2.42. The SMILES string of the molecule is CCO[C@@H]1OC(C(=O)NCC2CC2)=C[C@H](c2cn(C(C)=O)c3ccccc23)[C@@H]1CCOCCOCCO. The largest absolute Gasteiger partial charge is 0.459 e. The number of rotatable bonds is 14. The van der Waals surface area contributed by atoms with Gasteiger partial charge < -0.3 is 29.4 Å². The quantitative estimate of drug-likeness (QED) is 0.373. The van der Waals surface area contributed by atoms with Crippen LogP contribution in [0.5, 0.6) is 0 Å².